The van der Waals surface area contributed by atoms with Crippen LogP contribution in [-0.2, 0) is 14.8 Å². The van der Waals surface area contributed by atoms with Gasteiger partial charge in [-0.2, -0.15) is 4.31 Å². The predicted octanol–water partition coefficient (Wildman–Crippen LogP) is 4.02. The number of benzene rings is 2. The number of rotatable bonds is 10. The zero-order valence-corrected chi connectivity index (χ0v) is 20.3. The van der Waals surface area contributed by atoms with Gasteiger partial charge in [0.15, 0.2) is 5.13 Å². The Hall–Kier alpha value is -2.93. The molecule has 182 valence electrons. The van der Waals surface area contributed by atoms with E-state index in [1.54, 1.807) is 0 Å². The summed E-state index contributed by atoms with van der Waals surface area (Å²) >= 11 is 0.830. The second kappa shape index (κ2) is 10.6. The van der Waals surface area contributed by atoms with Gasteiger partial charge < -0.3 is 15.8 Å². The van der Waals surface area contributed by atoms with Crippen LogP contribution in [-0.4, -0.2) is 49.8 Å². The van der Waals surface area contributed by atoms with Crippen LogP contribution in [0.15, 0.2) is 47.4 Å². The average Bonchev–Trinajstić information content (AvgIpc) is 3.13. The van der Waals surface area contributed by atoms with Gasteiger partial charge in [0.2, 0.25) is 15.8 Å². The van der Waals surface area contributed by atoms with Crippen molar-refractivity contribution in [3.63, 3.8) is 0 Å². The highest BCUT2D eigenvalue weighted by molar-refractivity contribution is 7.89. The maximum atomic E-state index is 14.0. The standard InChI is InChI=1S/C22H24F2N4O4S2/c1-13(2)32-12-11-28(3)34(30,31)15-9-7-14(8-10-15)26-22-27-21(25)20(33-22)19(29)18-16(23)5-4-6-17(18)24/h4-10,13H,11-12,25H2,1-3H3,(H,26,27). The molecule has 0 radical (unpaired) electrons. The molecule has 0 saturated carbocycles. The third-order valence-electron chi connectivity index (χ3n) is 4.72. The number of likely N-dealkylation sites (N-methyl/N-ethyl adjacent to an activating group) is 1. The molecule has 0 atom stereocenters. The Labute approximate surface area is 200 Å². The lowest BCUT2D eigenvalue weighted by Crippen LogP contribution is -2.30. The summed E-state index contributed by atoms with van der Waals surface area (Å²) < 4.78 is 60.0. The molecule has 0 unspecified atom stereocenters. The summed E-state index contributed by atoms with van der Waals surface area (Å²) in [5, 5.41) is 3.12. The van der Waals surface area contributed by atoms with E-state index >= 15 is 0 Å². The van der Waals surface area contributed by atoms with E-state index in [-0.39, 0.29) is 40.0 Å². The smallest absolute Gasteiger partial charge is 0.242 e. The molecule has 0 aliphatic carbocycles. The van der Waals surface area contributed by atoms with E-state index in [9.17, 15) is 22.0 Å². The average molecular weight is 511 g/mol. The summed E-state index contributed by atoms with van der Waals surface area (Å²) in [5.74, 6) is -3.08. The Balaban J connectivity index is 1.73. The van der Waals surface area contributed by atoms with Crippen LogP contribution in [0.5, 0.6) is 0 Å². The van der Waals surface area contributed by atoms with Crippen molar-refractivity contribution in [2.45, 2.75) is 24.8 Å². The van der Waals surface area contributed by atoms with Gasteiger partial charge in [-0.3, -0.25) is 4.79 Å². The van der Waals surface area contributed by atoms with Crippen molar-refractivity contribution in [1.29, 1.82) is 0 Å². The van der Waals surface area contributed by atoms with E-state index in [1.165, 1.54) is 35.6 Å². The summed E-state index contributed by atoms with van der Waals surface area (Å²) in [6.07, 6.45) is 0.00269. The monoisotopic (exact) mass is 510 g/mol. The van der Waals surface area contributed by atoms with Gasteiger partial charge in [0.05, 0.1) is 23.2 Å². The predicted molar refractivity (Wildman–Crippen MR) is 127 cm³/mol. The number of hydrogen-bond acceptors (Lipinski definition) is 8. The molecule has 8 nitrogen and oxygen atoms in total. The van der Waals surface area contributed by atoms with Crippen molar-refractivity contribution in [1.82, 2.24) is 9.29 Å². The van der Waals surface area contributed by atoms with Crippen LogP contribution in [0.25, 0.3) is 0 Å². The number of nitrogens with two attached hydrogens (primary N) is 1. The fourth-order valence-electron chi connectivity index (χ4n) is 2.93. The highest BCUT2D eigenvalue weighted by Gasteiger charge is 2.24. The number of ketones is 1. The van der Waals surface area contributed by atoms with E-state index in [0.717, 1.165) is 29.5 Å². The van der Waals surface area contributed by atoms with Gasteiger partial charge in [-0.1, -0.05) is 17.4 Å². The van der Waals surface area contributed by atoms with Crippen molar-refractivity contribution in [2.24, 2.45) is 0 Å². The normalized spacial score (nSPS) is 11.9. The van der Waals surface area contributed by atoms with Gasteiger partial charge in [-0.15, -0.1) is 0 Å². The molecule has 3 aromatic rings. The summed E-state index contributed by atoms with van der Waals surface area (Å²) in [5.41, 5.74) is 5.58. The van der Waals surface area contributed by atoms with Crippen molar-refractivity contribution < 1.29 is 26.7 Å². The molecule has 12 heteroatoms. The van der Waals surface area contributed by atoms with Crippen LogP contribution in [0.1, 0.15) is 29.1 Å². The number of hydrogen-bond donors (Lipinski definition) is 2. The van der Waals surface area contributed by atoms with E-state index in [0.29, 0.717) is 5.69 Å². The van der Waals surface area contributed by atoms with Crippen LogP contribution < -0.4 is 11.1 Å². The Morgan fingerprint density at radius 2 is 1.79 bits per heavy atom. The maximum Gasteiger partial charge on any atom is 0.242 e. The van der Waals surface area contributed by atoms with Crippen molar-refractivity contribution in [3.05, 3.63) is 64.5 Å². The Bertz CT molecular complexity index is 1260. The lowest BCUT2D eigenvalue weighted by atomic mass is 10.1. The van der Waals surface area contributed by atoms with Crippen LogP contribution >= 0.6 is 11.3 Å². The Morgan fingerprint density at radius 3 is 2.38 bits per heavy atom. The summed E-state index contributed by atoms with van der Waals surface area (Å²) in [6.45, 7) is 4.22. The molecule has 0 spiro atoms. The van der Waals surface area contributed by atoms with Gasteiger partial charge in [0.1, 0.15) is 22.3 Å². The minimum absolute atomic E-state index is 0.00269. The summed E-state index contributed by atoms with van der Waals surface area (Å²) in [7, 11) is -2.23. The van der Waals surface area contributed by atoms with E-state index < -0.39 is 33.0 Å². The molecule has 3 N–H and O–H groups in total. The molecular weight excluding hydrogens is 486 g/mol. The largest absolute Gasteiger partial charge is 0.382 e. The first kappa shape index (κ1) is 25.7. The lowest BCUT2D eigenvalue weighted by molar-refractivity contribution is 0.0737. The number of nitrogens with zero attached hydrogens (tertiary/aromatic N) is 2. The van der Waals surface area contributed by atoms with Crippen molar-refractivity contribution >= 4 is 43.8 Å². The van der Waals surface area contributed by atoms with Gasteiger partial charge in [0, 0.05) is 19.3 Å². The van der Waals surface area contributed by atoms with Crippen LogP contribution in [0.4, 0.5) is 25.4 Å². The maximum absolute atomic E-state index is 14.0. The molecule has 3 rings (SSSR count). The highest BCUT2D eigenvalue weighted by atomic mass is 32.2. The SMILES string of the molecule is CC(C)OCCN(C)S(=O)(=O)c1ccc(Nc2nc(N)c(C(=O)c3c(F)cccc3F)s2)cc1. The van der Waals surface area contributed by atoms with Crippen LogP contribution in [0.2, 0.25) is 0 Å². The van der Waals surface area contributed by atoms with Crippen LogP contribution in [0, 0.1) is 11.6 Å². The van der Waals surface area contributed by atoms with Gasteiger partial charge in [-0.25, -0.2) is 22.2 Å². The van der Waals surface area contributed by atoms with E-state index in [2.05, 4.69) is 10.3 Å². The number of nitrogens with one attached hydrogen (secondary N) is 1. The molecule has 1 aromatic heterocycles. The molecule has 34 heavy (non-hydrogen) atoms. The molecule has 1 heterocycles. The molecule has 0 bridgehead atoms. The lowest BCUT2D eigenvalue weighted by Gasteiger charge is -2.18. The van der Waals surface area contributed by atoms with E-state index in [1.807, 2.05) is 13.8 Å². The highest BCUT2D eigenvalue weighted by Crippen LogP contribution is 2.31. The molecule has 0 saturated heterocycles. The molecule has 0 aliphatic heterocycles. The number of nitrogen functional groups attached to an aromatic ring is 1. The second-order valence-electron chi connectivity index (χ2n) is 7.55. The fourth-order valence-corrected chi connectivity index (χ4v) is 4.93. The minimum atomic E-state index is -3.70. The molecule has 0 fully saturated rings. The number of sulfonamides is 1. The Kier molecular flexibility index (Phi) is 7.97. The second-order valence-corrected chi connectivity index (χ2v) is 10.6. The first-order valence-electron chi connectivity index (χ1n) is 10.2. The number of ether oxygens (including phenoxy) is 1. The van der Waals surface area contributed by atoms with Gasteiger partial charge >= 0.3 is 0 Å². The van der Waals surface area contributed by atoms with Crippen molar-refractivity contribution in [3.8, 4) is 0 Å². The number of anilines is 3. The summed E-state index contributed by atoms with van der Waals surface area (Å²) in [6, 6.07) is 9.03. The number of aromatic nitrogens is 1. The topological polar surface area (TPSA) is 115 Å². The first-order chi connectivity index (χ1) is 16.0. The van der Waals surface area contributed by atoms with Gasteiger partial charge in [0.25, 0.3) is 0 Å². The number of carbonyl (C=O) groups is 1. The number of thiazole rings is 1. The quantitative estimate of drug-likeness (QED) is 0.396. The van der Waals surface area contributed by atoms with Gasteiger partial charge in [-0.05, 0) is 50.2 Å². The van der Waals surface area contributed by atoms with Crippen LogP contribution in [0.3, 0.4) is 0 Å². The molecule has 2 aromatic carbocycles. The molecular formula is C22H24F2N4O4S2. The first-order valence-corrected chi connectivity index (χ1v) is 12.5. The number of carbonyl (C=O) groups excluding carboxylic acids is 1. The Morgan fingerprint density at radius 1 is 1.18 bits per heavy atom. The van der Waals surface area contributed by atoms with E-state index in [4.69, 9.17) is 10.5 Å². The molecule has 0 amide bonds. The minimum Gasteiger partial charge on any atom is -0.382 e. The third-order valence-corrected chi connectivity index (χ3v) is 7.58. The van der Waals surface area contributed by atoms with Crippen molar-refractivity contribution in [2.75, 3.05) is 31.2 Å². The zero-order chi connectivity index (χ0) is 25.0. The third kappa shape index (κ3) is 5.76. The number of halogens is 2. The zero-order valence-electron chi connectivity index (χ0n) is 18.7. The molecule has 0 aliphatic rings. The summed E-state index contributed by atoms with van der Waals surface area (Å²) in [4.78, 5) is 16.6. The fraction of sp³-hybridized carbons (Fsp3) is 0.273.